The second-order valence-electron chi connectivity index (χ2n) is 4.99. The Hall–Kier alpha value is -2.89. The molecule has 0 atom stereocenters. The number of hydrogen-bond acceptors (Lipinski definition) is 3. The first kappa shape index (κ1) is 15.5. The van der Waals surface area contributed by atoms with Gasteiger partial charge in [-0.15, -0.1) is 0 Å². The van der Waals surface area contributed by atoms with Crippen LogP contribution >= 0.6 is 0 Å². The average Bonchev–Trinajstić information content (AvgIpc) is 2.49. The number of urea groups is 1. The van der Waals surface area contributed by atoms with Crippen LogP contribution in [0.3, 0.4) is 0 Å². The van der Waals surface area contributed by atoms with E-state index >= 15 is 0 Å². The molecule has 114 valence electrons. The van der Waals surface area contributed by atoms with Gasteiger partial charge in [-0.1, -0.05) is 12.1 Å². The summed E-state index contributed by atoms with van der Waals surface area (Å²) in [5.74, 6) is -0.286. The molecule has 0 spiro atoms. The number of hydrogen-bond donors (Lipinski definition) is 3. The fourth-order valence-electron chi connectivity index (χ4n) is 1.81. The molecule has 3 amide bonds. The van der Waals surface area contributed by atoms with E-state index < -0.39 is 0 Å². The lowest BCUT2D eigenvalue weighted by Gasteiger charge is -2.14. The molecule has 6 nitrogen and oxygen atoms in total. The van der Waals surface area contributed by atoms with Crippen molar-refractivity contribution >= 4 is 23.3 Å². The third kappa shape index (κ3) is 4.31. The molecule has 0 bridgehead atoms. The van der Waals surface area contributed by atoms with Crippen molar-refractivity contribution in [2.24, 2.45) is 0 Å². The molecule has 0 fully saturated rings. The van der Waals surface area contributed by atoms with Gasteiger partial charge in [0.1, 0.15) is 0 Å². The molecule has 22 heavy (non-hydrogen) atoms. The van der Waals surface area contributed by atoms with Gasteiger partial charge in [-0.2, -0.15) is 0 Å². The van der Waals surface area contributed by atoms with Crippen LogP contribution in [-0.4, -0.2) is 23.0 Å². The number of pyridine rings is 1. The van der Waals surface area contributed by atoms with Crippen molar-refractivity contribution in [3.63, 3.8) is 0 Å². The van der Waals surface area contributed by atoms with Crippen molar-refractivity contribution in [1.29, 1.82) is 0 Å². The van der Waals surface area contributed by atoms with Gasteiger partial charge in [-0.05, 0) is 38.1 Å². The number of amides is 3. The molecular formula is C16H18N4O2. The van der Waals surface area contributed by atoms with Crippen LogP contribution in [0.5, 0.6) is 0 Å². The molecule has 6 heteroatoms. The van der Waals surface area contributed by atoms with E-state index in [0.29, 0.717) is 16.9 Å². The fraction of sp³-hybridized carbons (Fsp3) is 0.188. The van der Waals surface area contributed by atoms with Gasteiger partial charge >= 0.3 is 6.03 Å². The van der Waals surface area contributed by atoms with Gasteiger partial charge in [0.15, 0.2) is 0 Å². The van der Waals surface area contributed by atoms with Crippen molar-refractivity contribution < 1.29 is 9.59 Å². The standard InChI is InChI=1S/C16H18N4O2/c1-11(2)18-16(22)20-14-8-4-3-7-13(14)19-15(21)12-6-5-9-17-10-12/h3-11H,1-2H3,(H,19,21)(H2,18,20,22). The number of nitrogens with zero attached hydrogens (tertiary/aromatic N) is 1. The van der Waals surface area contributed by atoms with E-state index in [1.54, 1.807) is 42.6 Å². The molecule has 0 saturated heterocycles. The predicted molar refractivity (Wildman–Crippen MR) is 85.9 cm³/mol. The van der Waals surface area contributed by atoms with Crippen LogP contribution < -0.4 is 16.0 Å². The quantitative estimate of drug-likeness (QED) is 0.811. The number of anilines is 2. The lowest BCUT2D eigenvalue weighted by atomic mass is 10.2. The molecule has 1 heterocycles. The minimum Gasteiger partial charge on any atom is -0.336 e. The second kappa shape index (κ2) is 7.21. The molecule has 0 aliphatic carbocycles. The summed E-state index contributed by atoms with van der Waals surface area (Å²) in [6.45, 7) is 3.74. The maximum absolute atomic E-state index is 12.2. The zero-order valence-corrected chi connectivity index (χ0v) is 12.5. The molecule has 0 unspecified atom stereocenters. The zero-order chi connectivity index (χ0) is 15.9. The molecule has 1 aromatic carbocycles. The van der Waals surface area contributed by atoms with Crippen LogP contribution in [0.15, 0.2) is 48.8 Å². The minimum atomic E-state index is -0.321. The summed E-state index contributed by atoms with van der Waals surface area (Å²) in [4.78, 5) is 27.8. The Bertz CT molecular complexity index is 656. The highest BCUT2D eigenvalue weighted by Gasteiger charge is 2.11. The monoisotopic (exact) mass is 298 g/mol. The Kier molecular flexibility index (Phi) is 5.08. The maximum Gasteiger partial charge on any atom is 0.319 e. The first-order valence-electron chi connectivity index (χ1n) is 6.94. The van der Waals surface area contributed by atoms with E-state index in [9.17, 15) is 9.59 Å². The summed E-state index contributed by atoms with van der Waals surface area (Å²) in [5.41, 5.74) is 1.50. The minimum absolute atomic E-state index is 0.0251. The van der Waals surface area contributed by atoms with E-state index in [1.165, 1.54) is 6.20 Å². The summed E-state index contributed by atoms with van der Waals surface area (Å²) in [6.07, 6.45) is 3.08. The van der Waals surface area contributed by atoms with E-state index in [0.717, 1.165) is 0 Å². The van der Waals surface area contributed by atoms with Gasteiger partial charge < -0.3 is 16.0 Å². The largest absolute Gasteiger partial charge is 0.336 e. The number of benzene rings is 1. The van der Waals surface area contributed by atoms with Gasteiger partial charge in [0, 0.05) is 18.4 Å². The molecule has 2 rings (SSSR count). The highest BCUT2D eigenvalue weighted by atomic mass is 16.2. The van der Waals surface area contributed by atoms with E-state index in [-0.39, 0.29) is 18.0 Å². The number of rotatable bonds is 4. The van der Waals surface area contributed by atoms with Gasteiger partial charge in [0.2, 0.25) is 0 Å². The number of carbonyl (C=O) groups excluding carboxylic acids is 2. The highest BCUT2D eigenvalue weighted by molar-refractivity contribution is 6.06. The van der Waals surface area contributed by atoms with Gasteiger partial charge in [-0.25, -0.2) is 4.79 Å². The Labute approximate surface area is 129 Å². The van der Waals surface area contributed by atoms with Crippen LogP contribution in [0.2, 0.25) is 0 Å². The van der Waals surface area contributed by atoms with Crippen molar-refractivity contribution in [3.8, 4) is 0 Å². The van der Waals surface area contributed by atoms with E-state index in [1.807, 2.05) is 13.8 Å². The lowest BCUT2D eigenvalue weighted by Crippen LogP contribution is -2.34. The van der Waals surface area contributed by atoms with Crippen molar-refractivity contribution in [2.75, 3.05) is 10.6 Å². The Balaban J connectivity index is 2.11. The zero-order valence-electron chi connectivity index (χ0n) is 12.5. The van der Waals surface area contributed by atoms with Crippen molar-refractivity contribution in [2.45, 2.75) is 19.9 Å². The highest BCUT2D eigenvalue weighted by Crippen LogP contribution is 2.21. The van der Waals surface area contributed by atoms with Crippen molar-refractivity contribution in [3.05, 3.63) is 54.4 Å². The Morgan fingerprint density at radius 2 is 1.68 bits per heavy atom. The summed E-state index contributed by atoms with van der Waals surface area (Å²) < 4.78 is 0. The SMILES string of the molecule is CC(C)NC(=O)Nc1ccccc1NC(=O)c1cccnc1. The molecule has 0 radical (unpaired) electrons. The van der Waals surface area contributed by atoms with Crippen molar-refractivity contribution in [1.82, 2.24) is 10.3 Å². The molecule has 1 aromatic heterocycles. The van der Waals surface area contributed by atoms with Crippen LogP contribution in [0.4, 0.5) is 16.2 Å². The molecule has 0 aliphatic rings. The first-order chi connectivity index (χ1) is 10.6. The second-order valence-corrected chi connectivity index (χ2v) is 4.99. The van der Waals surface area contributed by atoms with E-state index in [2.05, 4.69) is 20.9 Å². The van der Waals surface area contributed by atoms with Gasteiger partial charge in [-0.3, -0.25) is 9.78 Å². The molecule has 3 N–H and O–H groups in total. The third-order valence-electron chi connectivity index (χ3n) is 2.77. The summed E-state index contributed by atoms with van der Waals surface area (Å²) in [5, 5.41) is 8.21. The maximum atomic E-state index is 12.2. The topological polar surface area (TPSA) is 83.1 Å². The van der Waals surface area contributed by atoms with Gasteiger partial charge in [0.25, 0.3) is 5.91 Å². The van der Waals surface area contributed by atoms with E-state index in [4.69, 9.17) is 0 Å². The number of carbonyl (C=O) groups is 2. The first-order valence-corrected chi connectivity index (χ1v) is 6.94. The summed E-state index contributed by atoms with van der Waals surface area (Å²) in [7, 11) is 0. The Morgan fingerprint density at radius 3 is 2.27 bits per heavy atom. The smallest absolute Gasteiger partial charge is 0.319 e. The van der Waals surface area contributed by atoms with Crippen LogP contribution in [0.25, 0.3) is 0 Å². The summed E-state index contributed by atoms with van der Waals surface area (Å²) in [6, 6.07) is 10.1. The normalized spacial score (nSPS) is 10.1. The average molecular weight is 298 g/mol. The number of nitrogens with one attached hydrogen (secondary N) is 3. The number of para-hydroxylation sites is 2. The van der Waals surface area contributed by atoms with Crippen LogP contribution in [-0.2, 0) is 0 Å². The third-order valence-corrected chi connectivity index (χ3v) is 2.77. The lowest BCUT2D eigenvalue weighted by molar-refractivity contribution is 0.102. The fourth-order valence-corrected chi connectivity index (χ4v) is 1.81. The molecule has 0 saturated carbocycles. The van der Waals surface area contributed by atoms with Crippen LogP contribution in [0, 0.1) is 0 Å². The predicted octanol–water partition coefficient (Wildman–Crippen LogP) is 2.86. The van der Waals surface area contributed by atoms with Gasteiger partial charge in [0.05, 0.1) is 16.9 Å². The molecule has 0 aliphatic heterocycles. The van der Waals surface area contributed by atoms with Crippen LogP contribution in [0.1, 0.15) is 24.2 Å². The summed E-state index contributed by atoms with van der Waals surface area (Å²) >= 11 is 0. The molecular weight excluding hydrogens is 280 g/mol. The Morgan fingerprint density at radius 1 is 1.00 bits per heavy atom. The number of aromatic nitrogens is 1. The molecule has 2 aromatic rings.